The third-order valence-electron chi connectivity index (χ3n) is 7.44. The Morgan fingerprint density at radius 3 is 2.62 bits per heavy atom. The highest BCUT2D eigenvalue weighted by Crippen LogP contribution is 2.41. The lowest BCUT2D eigenvalue weighted by molar-refractivity contribution is -0.126. The van der Waals surface area contributed by atoms with E-state index in [1.54, 1.807) is 0 Å². The second-order valence-corrected chi connectivity index (χ2v) is 10.7. The fourth-order valence-corrected chi connectivity index (χ4v) is 5.78. The molecule has 0 bridgehead atoms. The van der Waals surface area contributed by atoms with Gasteiger partial charge < -0.3 is 0 Å². The van der Waals surface area contributed by atoms with E-state index in [1.165, 1.54) is 36.0 Å². The summed E-state index contributed by atoms with van der Waals surface area (Å²) in [7, 11) is 0. The fraction of sp³-hybridized carbons (Fsp3) is 0.679. The molecule has 1 fully saturated rings. The first-order valence-electron chi connectivity index (χ1n) is 12.1. The van der Waals surface area contributed by atoms with Gasteiger partial charge in [0.1, 0.15) is 5.78 Å². The minimum atomic E-state index is 0.269. The van der Waals surface area contributed by atoms with E-state index >= 15 is 0 Å². The first-order valence-corrected chi connectivity index (χ1v) is 12.1. The standard InChI is InChI=1S/C28H42O/c1-19(2)15-23-12-13-24(22-9-7-6-8-10-22)17-25(23)18-28(29)27-16-21(5)11-14-26(27)20(3)4/h6-7,9,13,17,19-21,23,26-27H,8,10-12,14-16,18H2,1-5H3/t21?,23?,26-,27+/m0/s1. The van der Waals surface area contributed by atoms with Crippen LogP contribution >= 0.6 is 0 Å². The van der Waals surface area contributed by atoms with Crippen LogP contribution in [0.1, 0.15) is 86.0 Å². The quantitative estimate of drug-likeness (QED) is 0.429. The number of allylic oxidation sites excluding steroid dienone is 8. The third-order valence-corrected chi connectivity index (χ3v) is 7.44. The van der Waals surface area contributed by atoms with Gasteiger partial charge >= 0.3 is 0 Å². The van der Waals surface area contributed by atoms with Crippen LogP contribution in [0, 0.1) is 35.5 Å². The maximum atomic E-state index is 13.6. The average molecular weight is 395 g/mol. The zero-order valence-corrected chi connectivity index (χ0v) is 19.4. The highest BCUT2D eigenvalue weighted by molar-refractivity contribution is 5.84. The van der Waals surface area contributed by atoms with Gasteiger partial charge in [-0.15, -0.1) is 0 Å². The zero-order chi connectivity index (χ0) is 21.0. The molecule has 0 saturated heterocycles. The summed E-state index contributed by atoms with van der Waals surface area (Å²) in [5.41, 5.74) is 4.25. The van der Waals surface area contributed by atoms with E-state index in [-0.39, 0.29) is 5.92 Å². The predicted molar refractivity (Wildman–Crippen MR) is 125 cm³/mol. The number of carbonyl (C=O) groups excluding carboxylic acids is 1. The summed E-state index contributed by atoms with van der Waals surface area (Å²) >= 11 is 0. The summed E-state index contributed by atoms with van der Waals surface area (Å²) in [4.78, 5) is 13.6. The maximum Gasteiger partial charge on any atom is 0.140 e. The van der Waals surface area contributed by atoms with Crippen molar-refractivity contribution >= 4 is 5.78 Å². The van der Waals surface area contributed by atoms with Gasteiger partial charge in [-0.25, -0.2) is 0 Å². The van der Waals surface area contributed by atoms with Crippen LogP contribution in [0.2, 0.25) is 0 Å². The van der Waals surface area contributed by atoms with Gasteiger partial charge in [0, 0.05) is 12.3 Å². The molecule has 0 radical (unpaired) electrons. The fourth-order valence-electron chi connectivity index (χ4n) is 5.78. The summed E-state index contributed by atoms with van der Waals surface area (Å²) < 4.78 is 0. The molecule has 0 aliphatic heterocycles. The van der Waals surface area contributed by atoms with Gasteiger partial charge in [0.2, 0.25) is 0 Å². The topological polar surface area (TPSA) is 17.1 Å². The Bertz CT molecular complexity index is 700. The van der Waals surface area contributed by atoms with Crippen molar-refractivity contribution in [2.45, 2.75) is 86.0 Å². The molecule has 0 amide bonds. The Balaban J connectivity index is 1.80. The lowest BCUT2D eigenvalue weighted by Crippen LogP contribution is -2.34. The molecule has 160 valence electrons. The molecule has 3 rings (SSSR count). The molecular weight excluding hydrogens is 352 g/mol. The lowest BCUT2D eigenvalue weighted by atomic mass is 9.67. The highest BCUT2D eigenvalue weighted by Gasteiger charge is 2.36. The Morgan fingerprint density at radius 1 is 1.17 bits per heavy atom. The van der Waals surface area contributed by atoms with Crippen molar-refractivity contribution in [2.75, 3.05) is 0 Å². The minimum absolute atomic E-state index is 0.269. The van der Waals surface area contributed by atoms with Crippen LogP contribution in [0.4, 0.5) is 0 Å². The van der Waals surface area contributed by atoms with Crippen LogP contribution in [0.25, 0.3) is 0 Å². The normalized spacial score (nSPS) is 30.2. The van der Waals surface area contributed by atoms with Crippen LogP contribution in [0.5, 0.6) is 0 Å². The number of hydrogen-bond acceptors (Lipinski definition) is 1. The first-order chi connectivity index (χ1) is 13.8. The molecule has 3 aliphatic rings. The number of carbonyl (C=O) groups is 1. The molecule has 1 heteroatoms. The summed E-state index contributed by atoms with van der Waals surface area (Å²) in [6.45, 7) is 11.6. The Labute approximate surface area is 179 Å². The molecule has 4 atom stereocenters. The summed E-state index contributed by atoms with van der Waals surface area (Å²) in [6.07, 6.45) is 20.4. The summed E-state index contributed by atoms with van der Waals surface area (Å²) in [6, 6.07) is 0. The molecule has 3 aliphatic carbocycles. The van der Waals surface area contributed by atoms with Gasteiger partial charge in [-0.3, -0.25) is 4.79 Å². The molecule has 1 nitrogen and oxygen atoms in total. The Kier molecular flexibility index (Phi) is 7.77. The minimum Gasteiger partial charge on any atom is -0.299 e. The van der Waals surface area contributed by atoms with Gasteiger partial charge in [0.25, 0.3) is 0 Å². The van der Waals surface area contributed by atoms with Gasteiger partial charge in [-0.1, -0.05) is 77.0 Å². The number of rotatable bonds is 7. The van der Waals surface area contributed by atoms with Crippen molar-refractivity contribution < 1.29 is 4.79 Å². The number of Topliss-reactive ketones (excluding diaryl/α,β-unsaturated/α-hetero) is 1. The van der Waals surface area contributed by atoms with Gasteiger partial charge in [-0.05, 0) is 79.3 Å². The Hall–Kier alpha value is -1.37. The molecule has 0 heterocycles. The third kappa shape index (κ3) is 5.83. The molecule has 0 aromatic carbocycles. The van der Waals surface area contributed by atoms with Crippen LogP contribution in [0.15, 0.2) is 47.1 Å². The maximum absolute atomic E-state index is 13.6. The largest absolute Gasteiger partial charge is 0.299 e. The highest BCUT2D eigenvalue weighted by atomic mass is 16.1. The van der Waals surface area contributed by atoms with Crippen LogP contribution in [-0.4, -0.2) is 5.78 Å². The monoisotopic (exact) mass is 394 g/mol. The molecule has 0 aromatic heterocycles. The molecule has 29 heavy (non-hydrogen) atoms. The molecule has 0 N–H and O–H groups in total. The summed E-state index contributed by atoms with van der Waals surface area (Å²) in [5, 5.41) is 0. The average Bonchev–Trinajstić information content (AvgIpc) is 2.69. The molecule has 0 aromatic rings. The van der Waals surface area contributed by atoms with Crippen molar-refractivity contribution in [3.05, 3.63) is 47.1 Å². The van der Waals surface area contributed by atoms with Crippen molar-refractivity contribution in [3.63, 3.8) is 0 Å². The molecule has 1 saturated carbocycles. The van der Waals surface area contributed by atoms with E-state index in [0.717, 1.165) is 25.7 Å². The number of ketones is 1. The SMILES string of the molecule is CC(C)CC1CC=C(C2=CC=CCC2)C=C1CC(=O)[C@@H]1CC(C)CC[C@H]1C(C)C. The van der Waals surface area contributed by atoms with Gasteiger partial charge in [0.15, 0.2) is 0 Å². The van der Waals surface area contributed by atoms with Gasteiger partial charge in [0.05, 0.1) is 0 Å². The molecular formula is C28H42O. The van der Waals surface area contributed by atoms with Crippen LogP contribution < -0.4 is 0 Å². The van der Waals surface area contributed by atoms with Crippen molar-refractivity contribution in [2.24, 2.45) is 35.5 Å². The molecule has 2 unspecified atom stereocenters. The van der Waals surface area contributed by atoms with E-state index in [2.05, 4.69) is 65.0 Å². The molecule has 0 spiro atoms. The van der Waals surface area contributed by atoms with Crippen LogP contribution in [0.3, 0.4) is 0 Å². The van der Waals surface area contributed by atoms with E-state index in [1.807, 2.05) is 0 Å². The smallest absolute Gasteiger partial charge is 0.140 e. The van der Waals surface area contributed by atoms with E-state index < -0.39 is 0 Å². The van der Waals surface area contributed by atoms with E-state index in [4.69, 9.17) is 0 Å². The van der Waals surface area contributed by atoms with E-state index in [0.29, 0.717) is 41.8 Å². The van der Waals surface area contributed by atoms with Crippen molar-refractivity contribution in [3.8, 4) is 0 Å². The van der Waals surface area contributed by atoms with Crippen molar-refractivity contribution in [1.29, 1.82) is 0 Å². The summed E-state index contributed by atoms with van der Waals surface area (Å²) in [5.74, 6) is 3.88. The predicted octanol–water partition coefficient (Wildman–Crippen LogP) is 7.85. The second-order valence-electron chi connectivity index (χ2n) is 10.7. The van der Waals surface area contributed by atoms with Gasteiger partial charge in [-0.2, -0.15) is 0 Å². The number of hydrogen-bond donors (Lipinski definition) is 0. The lowest BCUT2D eigenvalue weighted by Gasteiger charge is -2.37. The second kappa shape index (κ2) is 10.1. The van der Waals surface area contributed by atoms with E-state index in [9.17, 15) is 4.79 Å². The first kappa shape index (κ1) is 22.3. The Morgan fingerprint density at radius 2 is 1.97 bits per heavy atom. The van der Waals surface area contributed by atoms with Crippen LogP contribution in [-0.2, 0) is 4.79 Å². The van der Waals surface area contributed by atoms with Crippen molar-refractivity contribution in [1.82, 2.24) is 0 Å². The zero-order valence-electron chi connectivity index (χ0n) is 19.4.